The number of nitrogens with zero attached hydrogens (tertiary/aromatic N) is 2. The summed E-state index contributed by atoms with van der Waals surface area (Å²) >= 11 is 1.70. The summed E-state index contributed by atoms with van der Waals surface area (Å²) in [5.41, 5.74) is -0.346. The van der Waals surface area contributed by atoms with Gasteiger partial charge in [0.1, 0.15) is 0 Å². The van der Waals surface area contributed by atoms with E-state index < -0.39 is 11.7 Å². The lowest BCUT2D eigenvalue weighted by Crippen LogP contribution is -2.37. The molecule has 0 spiro atoms. The van der Waals surface area contributed by atoms with E-state index in [-0.39, 0.29) is 24.4 Å². The number of thioether (sulfide) groups is 1. The Morgan fingerprint density at radius 3 is 2.45 bits per heavy atom. The summed E-state index contributed by atoms with van der Waals surface area (Å²) in [7, 11) is 0. The highest BCUT2D eigenvalue weighted by molar-refractivity contribution is 8.14. The van der Waals surface area contributed by atoms with Crippen LogP contribution in [0, 0.1) is 0 Å². The normalized spacial score (nSPS) is 21.9. The zero-order valence-corrected chi connectivity index (χ0v) is 18.0. The summed E-state index contributed by atoms with van der Waals surface area (Å²) in [6.07, 6.45) is 1.96. The fourth-order valence-corrected chi connectivity index (χ4v) is 5.02. The van der Waals surface area contributed by atoms with E-state index in [2.05, 4.69) is 17.1 Å². The minimum absolute atomic E-state index is 0. The first kappa shape index (κ1) is 23.9. The predicted octanol–water partition coefficient (Wildman–Crippen LogP) is 5.58. The van der Waals surface area contributed by atoms with Gasteiger partial charge in [-0.25, -0.2) is 0 Å². The highest BCUT2D eigenvalue weighted by Gasteiger charge is 2.32. The molecule has 0 radical (unpaired) electrons. The SMILES string of the molecule is CCN1C(=NC2CCCCC2)SCC1CC(=O)Nc1ccc(C(F)(F)F)cc1.Cl. The Morgan fingerprint density at radius 1 is 1.21 bits per heavy atom. The van der Waals surface area contributed by atoms with E-state index >= 15 is 0 Å². The monoisotopic (exact) mass is 449 g/mol. The Hall–Kier alpha value is -1.41. The number of benzene rings is 1. The summed E-state index contributed by atoms with van der Waals surface area (Å²) in [4.78, 5) is 19.5. The first-order valence-corrected chi connectivity index (χ1v) is 10.8. The largest absolute Gasteiger partial charge is 0.416 e. The molecular weight excluding hydrogens is 423 g/mol. The predicted molar refractivity (Wildman–Crippen MR) is 115 cm³/mol. The number of anilines is 1. The number of hydrogen-bond acceptors (Lipinski definition) is 3. The third-order valence-corrected chi connectivity index (χ3v) is 6.37. The van der Waals surface area contributed by atoms with Gasteiger partial charge in [-0.3, -0.25) is 9.79 Å². The highest BCUT2D eigenvalue weighted by atomic mass is 35.5. The second-order valence-electron chi connectivity index (χ2n) is 7.28. The topological polar surface area (TPSA) is 44.7 Å². The molecule has 162 valence electrons. The molecule has 1 N–H and O–H groups in total. The zero-order chi connectivity index (χ0) is 20.1. The molecule has 1 atom stereocenters. The van der Waals surface area contributed by atoms with Crippen molar-refractivity contribution in [1.82, 2.24) is 4.90 Å². The number of alkyl halides is 3. The van der Waals surface area contributed by atoms with Crippen molar-refractivity contribution in [2.75, 3.05) is 17.6 Å². The summed E-state index contributed by atoms with van der Waals surface area (Å²) < 4.78 is 37.9. The summed E-state index contributed by atoms with van der Waals surface area (Å²) in [6.45, 7) is 2.85. The third kappa shape index (κ3) is 6.54. The number of aliphatic imine (C=N–C) groups is 1. The molecule has 4 nitrogen and oxygen atoms in total. The van der Waals surface area contributed by atoms with Crippen LogP contribution in [0.4, 0.5) is 18.9 Å². The fraction of sp³-hybridized carbons (Fsp3) is 0.600. The highest BCUT2D eigenvalue weighted by Crippen LogP contribution is 2.31. The molecule has 2 aliphatic rings. The molecule has 1 unspecified atom stereocenters. The Morgan fingerprint density at radius 2 is 1.86 bits per heavy atom. The Bertz CT molecular complexity index is 706. The third-order valence-electron chi connectivity index (χ3n) is 5.22. The molecule has 0 bridgehead atoms. The van der Waals surface area contributed by atoms with Crippen LogP contribution in [-0.4, -0.2) is 40.4 Å². The van der Waals surface area contributed by atoms with Crippen molar-refractivity contribution in [2.45, 2.75) is 63.7 Å². The van der Waals surface area contributed by atoms with E-state index in [0.717, 1.165) is 42.4 Å². The van der Waals surface area contributed by atoms with Crippen molar-refractivity contribution < 1.29 is 18.0 Å². The maximum Gasteiger partial charge on any atom is 0.416 e. The van der Waals surface area contributed by atoms with Crippen molar-refractivity contribution in [3.05, 3.63) is 29.8 Å². The van der Waals surface area contributed by atoms with Crippen LogP contribution < -0.4 is 5.32 Å². The van der Waals surface area contributed by atoms with E-state index in [9.17, 15) is 18.0 Å². The molecule has 9 heteroatoms. The van der Waals surface area contributed by atoms with Gasteiger partial charge in [0.05, 0.1) is 11.6 Å². The molecule has 1 aliphatic carbocycles. The van der Waals surface area contributed by atoms with Gasteiger partial charge in [0.25, 0.3) is 0 Å². The molecular formula is C20H27ClF3N3OS. The van der Waals surface area contributed by atoms with Gasteiger partial charge in [0.15, 0.2) is 5.17 Å². The van der Waals surface area contributed by atoms with Gasteiger partial charge in [-0.15, -0.1) is 12.4 Å². The molecule has 1 aromatic carbocycles. The minimum atomic E-state index is -4.38. The number of rotatable bonds is 5. The maximum atomic E-state index is 12.6. The fourth-order valence-electron chi connectivity index (χ4n) is 3.71. The second kappa shape index (κ2) is 10.6. The Kier molecular flexibility index (Phi) is 8.70. The molecule has 1 saturated heterocycles. The van der Waals surface area contributed by atoms with Gasteiger partial charge < -0.3 is 10.2 Å². The van der Waals surface area contributed by atoms with E-state index in [4.69, 9.17) is 4.99 Å². The molecule has 1 aliphatic heterocycles. The summed E-state index contributed by atoms with van der Waals surface area (Å²) in [5, 5.41) is 3.74. The van der Waals surface area contributed by atoms with Crippen LogP contribution in [0.2, 0.25) is 0 Å². The quantitative estimate of drug-likeness (QED) is 0.638. The number of amidine groups is 1. The number of carbonyl (C=O) groups excluding carboxylic acids is 1. The lowest BCUT2D eigenvalue weighted by molar-refractivity contribution is -0.137. The lowest BCUT2D eigenvalue weighted by Gasteiger charge is -2.26. The molecule has 3 rings (SSSR count). The average Bonchev–Trinajstić information content (AvgIpc) is 3.03. The number of amides is 1. The number of nitrogens with one attached hydrogen (secondary N) is 1. The van der Waals surface area contributed by atoms with Crippen LogP contribution in [-0.2, 0) is 11.0 Å². The van der Waals surface area contributed by atoms with Gasteiger partial charge in [0.2, 0.25) is 5.91 Å². The Labute approximate surface area is 180 Å². The van der Waals surface area contributed by atoms with E-state index in [1.165, 1.54) is 31.4 Å². The van der Waals surface area contributed by atoms with Crippen molar-refractivity contribution in [3.8, 4) is 0 Å². The minimum Gasteiger partial charge on any atom is -0.347 e. The first-order chi connectivity index (χ1) is 13.4. The standard InChI is InChI=1S/C20H26F3N3OS.ClH/c1-2-26-17(13-28-19(26)25-15-6-4-3-5-7-15)12-18(27)24-16-10-8-14(9-11-16)20(21,22)23;/h8-11,15,17H,2-7,12-13H2,1H3,(H,24,27);1H. The lowest BCUT2D eigenvalue weighted by atomic mass is 9.96. The van der Waals surface area contributed by atoms with Crippen molar-refractivity contribution in [1.29, 1.82) is 0 Å². The van der Waals surface area contributed by atoms with Gasteiger partial charge >= 0.3 is 6.18 Å². The smallest absolute Gasteiger partial charge is 0.347 e. The molecule has 1 saturated carbocycles. The van der Waals surface area contributed by atoms with Crippen molar-refractivity contribution >= 4 is 40.9 Å². The van der Waals surface area contributed by atoms with Crippen LogP contribution in [0.1, 0.15) is 51.0 Å². The summed E-state index contributed by atoms with van der Waals surface area (Å²) in [6, 6.07) is 5.00. The molecule has 29 heavy (non-hydrogen) atoms. The van der Waals surface area contributed by atoms with Gasteiger partial charge in [0, 0.05) is 30.4 Å². The first-order valence-electron chi connectivity index (χ1n) is 9.81. The Balaban J connectivity index is 0.00000300. The molecule has 2 fully saturated rings. The number of halogens is 4. The van der Waals surface area contributed by atoms with Crippen LogP contribution in [0.3, 0.4) is 0 Å². The van der Waals surface area contributed by atoms with Crippen LogP contribution in [0.25, 0.3) is 0 Å². The van der Waals surface area contributed by atoms with E-state index in [1.54, 1.807) is 11.8 Å². The van der Waals surface area contributed by atoms with Crippen LogP contribution >= 0.6 is 24.2 Å². The molecule has 1 heterocycles. The number of carbonyl (C=O) groups is 1. The number of hydrogen-bond donors (Lipinski definition) is 1. The van der Waals surface area contributed by atoms with Crippen LogP contribution in [0.5, 0.6) is 0 Å². The van der Waals surface area contributed by atoms with Gasteiger partial charge in [-0.2, -0.15) is 13.2 Å². The van der Waals surface area contributed by atoms with Crippen molar-refractivity contribution in [2.24, 2.45) is 4.99 Å². The molecule has 1 aromatic rings. The molecule has 1 amide bonds. The molecule has 0 aromatic heterocycles. The van der Waals surface area contributed by atoms with Crippen molar-refractivity contribution in [3.63, 3.8) is 0 Å². The average molecular weight is 450 g/mol. The maximum absolute atomic E-state index is 12.6. The van der Waals surface area contributed by atoms with Crippen LogP contribution in [0.15, 0.2) is 29.3 Å². The van der Waals surface area contributed by atoms with Gasteiger partial charge in [-0.05, 0) is 44.0 Å². The second-order valence-corrected chi connectivity index (χ2v) is 8.27. The van der Waals surface area contributed by atoms with E-state index in [1.807, 2.05) is 0 Å². The van der Waals surface area contributed by atoms with Gasteiger partial charge in [-0.1, -0.05) is 31.0 Å². The van der Waals surface area contributed by atoms with E-state index in [0.29, 0.717) is 18.2 Å². The summed E-state index contributed by atoms with van der Waals surface area (Å²) in [5.74, 6) is 0.613. The zero-order valence-electron chi connectivity index (χ0n) is 16.4.